The molecule has 0 aliphatic carbocycles. The van der Waals surface area contributed by atoms with Crippen LogP contribution in [0.5, 0.6) is 11.5 Å². The molecule has 3 aromatic rings. The van der Waals surface area contributed by atoms with E-state index in [-0.39, 0.29) is 11.6 Å². The summed E-state index contributed by atoms with van der Waals surface area (Å²) in [6.07, 6.45) is 1.43. The van der Waals surface area contributed by atoms with Crippen LogP contribution >= 0.6 is 0 Å². The summed E-state index contributed by atoms with van der Waals surface area (Å²) in [5, 5.41) is 11.6. The van der Waals surface area contributed by atoms with Gasteiger partial charge in [0.15, 0.2) is 0 Å². The van der Waals surface area contributed by atoms with Crippen molar-refractivity contribution in [2.45, 2.75) is 0 Å². The molecule has 0 atom stereocenters. The van der Waals surface area contributed by atoms with Crippen LogP contribution in [0.3, 0.4) is 0 Å². The third-order valence-corrected chi connectivity index (χ3v) is 3.23. The molecular formula is C19H13N3O2. The van der Waals surface area contributed by atoms with E-state index in [1.165, 1.54) is 12.3 Å². The van der Waals surface area contributed by atoms with Crippen LogP contribution in [-0.4, -0.2) is 10.9 Å². The quantitative estimate of drug-likeness (QED) is 0.789. The zero-order valence-corrected chi connectivity index (χ0v) is 12.6. The number of anilines is 1. The zero-order valence-electron chi connectivity index (χ0n) is 12.6. The first-order valence-electron chi connectivity index (χ1n) is 7.25. The predicted molar refractivity (Wildman–Crippen MR) is 89.9 cm³/mol. The molecule has 5 heteroatoms. The van der Waals surface area contributed by atoms with E-state index < -0.39 is 0 Å². The molecular weight excluding hydrogens is 302 g/mol. The van der Waals surface area contributed by atoms with Crippen LogP contribution in [0.15, 0.2) is 72.9 Å². The molecule has 1 N–H and O–H groups in total. The fourth-order valence-corrected chi connectivity index (χ4v) is 2.07. The Balaban J connectivity index is 1.67. The molecule has 0 saturated heterocycles. The fraction of sp³-hybridized carbons (Fsp3) is 0. The van der Waals surface area contributed by atoms with Crippen LogP contribution in [-0.2, 0) is 0 Å². The molecule has 0 saturated carbocycles. The minimum atomic E-state index is -0.300. The SMILES string of the molecule is N#Cc1cc(C(=O)Nc2ccc(Oc3ccccc3)cc2)ccn1. The molecule has 2 aromatic carbocycles. The molecule has 1 aromatic heterocycles. The standard InChI is InChI=1S/C19H13N3O2/c20-13-16-12-14(10-11-21-16)19(23)22-15-6-8-18(9-7-15)24-17-4-2-1-3-5-17/h1-12H,(H,22,23). The highest BCUT2D eigenvalue weighted by Gasteiger charge is 2.07. The van der Waals surface area contributed by atoms with Crippen molar-refractivity contribution in [3.63, 3.8) is 0 Å². The predicted octanol–water partition coefficient (Wildman–Crippen LogP) is 4.00. The van der Waals surface area contributed by atoms with E-state index in [0.29, 0.717) is 17.0 Å². The number of nitrogens with one attached hydrogen (secondary N) is 1. The Bertz CT molecular complexity index is 884. The van der Waals surface area contributed by atoms with Gasteiger partial charge < -0.3 is 10.1 Å². The van der Waals surface area contributed by atoms with Gasteiger partial charge in [0.2, 0.25) is 0 Å². The number of para-hydroxylation sites is 1. The van der Waals surface area contributed by atoms with Crippen LogP contribution < -0.4 is 10.1 Å². The third kappa shape index (κ3) is 3.76. The summed E-state index contributed by atoms with van der Waals surface area (Å²) in [7, 11) is 0. The van der Waals surface area contributed by atoms with Crippen molar-refractivity contribution in [1.29, 1.82) is 5.26 Å². The van der Waals surface area contributed by atoms with Gasteiger partial charge in [-0.2, -0.15) is 5.26 Å². The van der Waals surface area contributed by atoms with Crippen molar-refractivity contribution in [2.24, 2.45) is 0 Å². The zero-order chi connectivity index (χ0) is 16.8. The molecule has 0 aliphatic heterocycles. The topological polar surface area (TPSA) is 75.0 Å². The first-order valence-corrected chi connectivity index (χ1v) is 7.25. The largest absolute Gasteiger partial charge is 0.457 e. The molecule has 3 rings (SSSR count). The highest BCUT2D eigenvalue weighted by molar-refractivity contribution is 6.04. The third-order valence-electron chi connectivity index (χ3n) is 3.23. The minimum absolute atomic E-state index is 0.203. The number of hydrogen-bond donors (Lipinski definition) is 1. The molecule has 0 aliphatic rings. The van der Waals surface area contributed by atoms with E-state index >= 15 is 0 Å². The molecule has 0 spiro atoms. The van der Waals surface area contributed by atoms with Gasteiger partial charge in [0.05, 0.1) is 0 Å². The summed E-state index contributed by atoms with van der Waals surface area (Å²) in [5.41, 5.74) is 1.22. The lowest BCUT2D eigenvalue weighted by atomic mass is 10.2. The van der Waals surface area contributed by atoms with Crippen LogP contribution in [0.25, 0.3) is 0 Å². The number of benzene rings is 2. The van der Waals surface area contributed by atoms with Gasteiger partial charge in [-0.1, -0.05) is 18.2 Å². The van der Waals surface area contributed by atoms with Crippen molar-refractivity contribution < 1.29 is 9.53 Å². The lowest BCUT2D eigenvalue weighted by Gasteiger charge is -2.08. The van der Waals surface area contributed by atoms with Gasteiger partial charge >= 0.3 is 0 Å². The lowest BCUT2D eigenvalue weighted by Crippen LogP contribution is -2.12. The molecule has 1 amide bonds. The average Bonchev–Trinajstić information content (AvgIpc) is 2.64. The average molecular weight is 315 g/mol. The van der Waals surface area contributed by atoms with Gasteiger partial charge in [-0.05, 0) is 48.5 Å². The number of ether oxygens (including phenoxy) is 1. The molecule has 24 heavy (non-hydrogen) atoms. The van der Waals surface area contributed by atoms with Gasteiger partial charge in [0, 0.05) is 17.4 Å². The van der Waals surface area contributed by atoms with E-state index in [1.807, 2.05) is 36.4 Å². The van der Waals surface area contributed by atoms with Crippen molar-refractivity contribution >= 4 is 11.6 Å². The molecule has 0 fully saturated rings. The van der Waals surface area contributed by atoms with E-state index in [2.05, 4.69) is 10.3 Å². The minimum Gasteiger partial charge on any atom is -0.457 e. The molecule has 0 radical (unpaired) electrons. The first-order chi connectivity index (χ1) is 11.7. The molecule has 0 unspecified atom stereocenters. The number of hydrogen-bond acceptors (Lipinski definition) is 4. The number of carbonyl (C=O) groups is 1. The number of nitriles is 1. The number of carbonyl (C=O) groups excluding carboxylic acids is 1. The van der Waals surface area contributed by atoms with Crippen LogP contribution in [0, 0.1) is 11.3 Å². The van der Waals surface area contributed by atoms with Crippen LogP contribution in [0.4, 0.5) is 5.69 Å². The van der Waals surface area contributed by atoms with Gasteiger partial charge in [-0.3, -0.25) is 4.79 Å². The summed E-state index contributed by atoms with van der Waals surface area (Å²) in [4.78, 5) is 16.0. The maximum absolute atomic E-state index is 12.2. The fourth-order valence-electron chi connectivity index (χ4n) is 2.07. The number of pyridine rings is 1. The Kier molecular flexibility index (Phi) is 4.50. The highest BCUT2D eigenvalue weighted by atomic mass is 16.5. The lowest BCUT2D eigenvalue weighted by molar-refractivity contribution is 0.102. The Morgan fingerprint density at radius 3 is 2.42 bits per heavy atom. The number of nitrogens with zero attached hydrogens (tertiary/aromatic N) is 2. The van der Waals surface area contributed by atoms with Crippen molar-refractivity contribution in [3.05, 3.63) is 84.2 Å². The van der Waals surface area contributed by atoms with Crippen molar-refractivity contribution in [3.8, 4) is 17.6 Å². The second-order valence-electron chi connectivity index (χ2n) is 4.94. The van der Waals surface area contributed by atoms with E-state index in [4.69, 9.17) is 10.00 Å². The number of aromatic nitrogens is 1. The Morgan fingerprint density at radius 2 is 1.71 bits per heavy atom. The van der Waals surface area contributed by atoms with Crippen molar-refractivity contribution in [1.82, 2.24) is 4.98 Å². The van der Waals surface area contributed by atoms with Gasteiger partial charge in [0.1, 0.15) is 23.3 Å². The van der Waals surface area contributed by atoms with Crippen LogP contribution in [0.2, 0.25) is 0 Å². The summed E-state index contributed by atoms with van der Waals surface area (Å²) >= 11 is 0. The molecule has 1 heterocycles. The molecule has 0 bridgehead atoms. The van der Waals surface area contributed by atoms with Gasteiger partial charge in [-0.15, -0.1) is 0 Å². The normalized spacial score (nSPS) is 9.79. The maximum Gasteiger partial charge on any atom is 0.255 e. The Hall–Kier alpha value is -3.65. The maximum atomic E-state index is 12.2. The number of rotatable bonds is 4. The van der Waals surface area contributed by atoms with Gasteiger partial charge in [0.25, 0.3) is 5.91 Å². The highest BCUT2D eigenvalue weighted by Crippen LogP contribution is 2.22. The van der Waals surface area contributed by atoms with E-state index in [9.17, 15) is 4.79 Å². The second-order valence-corrected chi connectivity index (χ2v) is 4.94. The second kappa shape index (κ2) is 7.07. The first kappa shape index (κ1) is 15.3. The van der Waals surface area contributed by atoms with Gasteiger partial charge in [-0.25, -0.2) is 4.98 Å². The van der Waals surface area contributed by atoms with E-state index in [0.717, 1.165) is 5.75 Å². The Morgan fingerprint density at radius 1 is 1.00 bits per heavy atom. The van der Waals surface area contributed by atoms with Crippen molar-refractivity contribution in [2.75, 3.05) is 5.32 Å². The van der Waals surface area contributed by atoms with E-state index in [1.54, 1.807) is 30.3 Å². The monoisotopic (exact) mass is 315 g/mol. The summed E-state index contributed by atoms with van der Waals surface area (Å²) < 4.78 is 5.70. The smallest absolute Gasteiger partial charge is 0.255 e. The van der Waals surface area contributed by atoms with Crippen LogP contribution in [0.1, 0.15) is 16.1 Å². The summed E-state index contributed by atoms with van der Waals surface area (Å²) in [6.45, 7) is 0. The molecule has 116 valence electrons. The summed E-state index contributed by atoms with van der Waals surface area (Å²) in [6, 6.07) is 21.4. The number of amides is 1. The Labute approximate surface area is 139 Å². The summed E-state index contributed by atoms with van der Waals surface area (Å²) in [5.74, 6) is 1.12. The molecule has 5 nitrogen and oxygen atoms in total.